The van der Waals surface area contributed by atoms with Gasteiger partial charge in [0, 0.05) is 6.54 Å². The molecule has 0 radical (unpaired) electrons. The van der Waals surface area contributed by atoms with Gasteiger partial charge in [0.25, 0.3) is 0 Å². The van der Waals surface area contributed by atoms with E-state index >= 15 is 0 Å². The molecule has 0 aliphatic carbocycles. The third-order valence-corrected chi connectivity index (χ3v) is 6.58. The van der Waals surface area contributed by atoms with Crippen LogP contribution in [0.5, 0.6) is 0 Å². The SMILES string of the molecule is COC(=O)c1cccc(CCN(C)CCCC(C#N)(c2ccc(C)c(C(=O)OC)c2)C(C)C)c1. The highest BCUT2D eigenvalue weighted by Gasteiger charge is 2.36. The Morgan fingerprint density at radius 3 is 2.38 bits per heavy atom. The molecule has 2 rings (SSSR count). The van der Waals surface area contributed by atoms with Crippen molar-refractivity contribution in [2.45, 2.75) is 45.4 Å². The zero-order valence-electron chi connectivity index (χ0n) is 21.2. The van der Waals surface area contributed by atoms with Crippen LogP contribution in [0.1, 0.15) is 64.1 Å². The molecule has 0 heterocycles. The topological polar surface area (TPSA) is 79.6 Å². The Balaban J connectivity index is 2.06. The summed E-state index contributed by atoms with van der Waals surface area (Å²) in [4.78, 5) is 26.2. The van der Waals surface area contributed by atoms with Crippen molar-refractivity contribution in [2.75, 3.05) is 34.4 Å². The van der Waals surface area contributed by atoms with E-state index in [9.17, 15) is 14.9 Å². The molecule has 0 aliphatic heterocycles. The minimum atomic E-state index is -0.688. The van der Waals surface area contributed by atoms with E-state index in [-0.39, 0.29) is 17.9 Å². The van der Waals surface area contributed by atoms with Crippen LogP contribution >= 0.6 is 0 Å². The molecule has 2 aromatic rings. The van der Waals surface area contributed by atoms with Crippen LogP contribution in [-0.2, 0) is 21.3 Å². The number of nitrogens with zero attached hydrogens (tertiary/aromatic N) is 2. The molecule has 0 bridgehead atoms. The molecule has 0 amide bonds. The standard InChI is InChI=1S/C28H36N2O4/c1-20(2)28(19-29,24-12-11-21(3)25(18-24)27(32)34-6)14-8-15-30(4)16-13-22-9-7-10-23(17-22)26(31)33-5/h7,9-12,17-18,20H,8,13-16H2,1-6H3. The van der Waals surface area contributed by atoms with Crippen LogP contribution in [0.15, 0.2) is 42.5 Å². The van der Waals surface area contributed by atoms with Gasteiger partial charge in [-0.25, -0.2) is 9.59 Å². The van der Waals surface area contributed by atoms with Gasteiger partial charge in [0.15, 0.2) is 0 Å². The number of hydrogen-bond acceptors (Lipinski definition) is 6. The predicted octanol–water partition coefficient (Wildman–Crippen LogP) is 4.94. The molecular formula is C28H36N2O4. The third kappa shape index (κ3) is 6.45. The number of hydrogen-bond donors (Lipinski definition) is 0. The van der Waals surface area contributed by atoms with Crippen molar-refractivity contribution in [3.8, 4) is 6.07 Å². The fourth-order valence-electron chi connectivity index (χ4n) is 4.28. The Morgan fingerprint density at radius 1 is 1.06 bits per heavy atom. The normalized spacial score (nSPS) is 12.8. The number of carbonyl (C=O) groups excluding carboxylic acids is 2. The maximum Gasteiger partial charge on any atom is 0.338 e. The van der Waals surface area contributed by atoms with Crippen molar-refractivity contribution in [1.82, 2.24) is 4.90 Å². The molecule has 0 saturated heterocycles. The number of rotatable bonds is 11. The summed E-state index contributed by atoms with van der Waals surface area (Å²) in [6.45, 7) is 7.65. The summed E-state index contributed by atoms with van der Waals surface area (Å²) in [5.41, 5.74) is 3.15. The minimum Gasteiger partial charge on any atom is -0.465 e. The average molecular weight is 465 g/mol. The van der Waals surface area contributed by atoms with Gasteiger partial charge in [-0.05, 0) is 80.6 Å². The van der Waals surface area contributed by atoms with E-state index in [0.717, 1.165) is 42.6 Å². The second-order valence-electron chi connectivity index (χ2n) is 9.11. The lowest BCUT2D eigenvalue weighted by atomic mass is 9.69. The van der Waals surface area contributed by atoms with Crippen LogP contribution < -0.4 is 0 Å². The lowest BCUT2D eigenvalue weighted by molar-refractivity contribution is 0.0591. The molecule has 0 fully saturated rings. The molecule has 0 aliphatic rings. The molecule has 1 atom stereocenters. The van der Waals surface area contributed by atoms with Gasteiger partial charge in [-0.15, -0.1) is 0 Å². The third-order valence-electron chi connectivity index (χ3n) is 6.58. The maximum atomic E-state index is 12.2. The molecule has 182 valence electrons. The second-order valence-corrected chi connectivity index (χ2v) is 9.11. The number of esters is 2. The Bertz CT molecular complexity index is 1040. The molecule has 0 spiro atoms. The predicted molar refractivity (Wildman–Crippen MR) is 133 cm³/mol. The number of aryl methyl sites for hydroxylation is 1. The van der Waals surface area contributed by atoms with Gasteiger partial charge in [0.05, 0.1) is 36.8 Å². The Hall–Kier alpha value is -3.17. The van der Waals surface area contributed by atoms with E-state index in [2.05, 4.69) is 31.9 Å². The van der Waals surface area contributed by atoms with Gasteiger partial charge in [0.2, 0.25) is 0 Å². The molecular weight excluding hydrogens is 428 g/mol. The van der Waals surface area contributed by atoms with Crippen LogP contribution in [0.3, 0.4) is 0 Å². The van der Waals surface area contributed by atoms with E-state index in [1.165, 1.54) is 14.2 Å². The van der Waals surface area contributed by atoms with Crippen LogP contribution in [0, 0.1) is 24.2 Å². The lowest BCUT2D eigenvalue weighted by Crippen LogP contribution is -2.33. The molecule has 6 heteroatoms. The number of nitriles is 1. The van der Waals surface area contributed by atoms with Crippen molar-refractivity contribution in [1.29, 1.82) is 5.26 Å². The van der Waals surface area contributed by atoms with Crippen LogP contribution in [0.4, 0.5) is 0 Å². The number of likely N-dealkylation sites (N-methyl/N-ethyl adjacent to an activating group) is 1. The monoisotopic (exact) mass is 464 g/mol. The number of methoxy groups -OCH3 is 2. The van der Waals surface area contributed by atoms with E-state index < -0.39 is 5.41 Å². The van der Waals surface area contributed by atoms with Gasteiger partial charge in [-0.2, -0.15) is 5.26 Å². The lowest BCUT2D eigenvalue weighted by Gasteiger charge is -2.32. The maximum absolute atomic E-state index is 12.2. The molecule has 0 aromatic heterocycles. The van der Waals surface area contributed by atoms with Crippen LogP contribution in [0.25, 0.3) is 0 Å². The number of ether oxygens (including phenoxy) is 2. The fraction of sp³-hybridized carbons (Fsp3) is 0.464. The van der Waals surface area contributed by atoms with Crippen molar-refractivity contribution >= 4 is 11.9 Å². The first-order valence-corrected chi connectivity index (χ1v) is 11.6. The van der Waals surface area contributed by atoms with Crippen LogP contribution in [0.2, 0.25) is 0 Å². The Labute approximate surface area is 203 Å². The van der Waals surface area contributed by atoms with Gasteiger partial charge >= 0.3 is 11.9 Å². The summed E-state index contributed by atoms with van der Waals surface area (Å²) in [6.07, 6.45) is 2.34. The summed E-state index contributed by atoms with van der Waals surface area (Å²) in [7, 11) is 4.82. The quantitative estimate of drug-likeness (QED) is 0.438. The van der Waals surface area contributed by atoms with Crippen molar-refractivity contribution in [2.24, 2.45) is 5.92 Å². The first kappa shape index (κ1) is 27.1. The van der Waals surface area contributed by atoms with Gasteiger partial charge in [-0.1, -0.05) is 38.1 Å². The first-order chi connectivity index (χ1) is 16.2. The molecule has 34 heavy (non-hydrogen) atoms. The van der Waals surface area contributed by atoms with E-state index in [1.54, 1.807) is 6.07 Å². The smallest absolute Gasteiger partial charge is 0.338 e. The summed E-state index contributed by atoms with van der Waals surface area (Å²) < 4.78 is 9.73. The Kier molecular flexibility index (Phi) is 9.83. The van der Waals surface area contributed by atoms with Crippen molar-refractivity contribution in [3.63, 3.8) is 0 Å². The van der Waals surface area contributed by atoms with Crippen molar-refractivity contribution in [3.05, 3.63) is 70.3 Å². The van der Waals surface area contributed by atoms with E-state index in [0.29, 0.717) is 17.5 Å². The molecule has 6 nitrogen and oxygen atoms in total. The van der Waals surface area contributed by atoms with E-state index in [4.69, 9.17) is 9.47 Å². The van der Waals surface area contributed by atoms with Crippen molar-refractivity contribution < 1.29 is 19.1 Å². The highest BCUT2D eigenvalue weighted by Crippen LogP contribution is 2.37. The van der Waals surface area contributed by atoms with Gasteiger partial charge < -0.3 is 14.4 Å². The highest BCUT2D eigenvalue weighted by atomic mass is 16.5. The first-order valence-electron chi connectivity index (χ1n) is 11.6. The Morgan fingerprint density at radius 2 is 1.76 bits per heavy atom. The second kappa shape index (κ2) is 12.3. The summed E-state index contributed by atoms with van der Waals surface area (Å²) in [5.74, 6) is -0.633. The highest BCUT2D eigenvalue weighted by molar-refractivity contribution is 5.91. The molecule has 0 saturated carbocycles. The fourth-order valence-corrected chi connectivity index (χ4v) is 4.28. The zero-order chi connectivity index (χ0) is 25.3. The zero-order valence-corrected chi connectivity index (χ0v) is 21.2. The molecule has 1 unspecified atom stereocenters. The summed E-state index contributed by atoms with van der Waals surface area (Å²) in [6, 6.07) is 15.8. The van der Waals surface area contributed by atoms with Gasteiger partial charge in [0.1, 0.15) is 0 Å². The molecule has 0 N–H and O–H groups in total. The van der Waals surface area contributed by atoms with E-state index in [1.807, 2.05) is 43.3 Å². The summed E-state index contributed by atoms with van der Waals surface area (Å²) in [5, 5.41) is 10.2. The minimum absolute atomic E-state index is 0.0806. The van der Waals surface area contributed by atoms with Gasteiger partial charge in [-0.3, -0.25) is 0 Å². The number of benzene rings is 2. The number of carbonyl (C=O) groups is 2. The van der Waals surface area contributed by atoms with Crippen LogP contribution in [-0.4, -0.2) is 51.2 Å². The molecule has 2 aromatic carbocycles. The largest absolute Gasteiger partial charge is 0.465 e. The average Bonchev–Trinajstić information content (AvgIpc) is 2.85. The summed E-state index contributed by atoms with van der Waals surface area (Å²) >= 11 is 0.